The molecular weight excluding hydrogens is 396 g/mol. The molecule has 0 aromatic heterocycles. The van der Waals surface area contributed by atoms with Crippen molar-refractivity contribution in [3.8, 4) is 0 Å². The Balaban J connectivity index is 1.52. The van der Waals surface area contributed by atoms with Crippen LogP contribution in [0.25, 0.3) is 0 Å². The highest BCUT2D eigenvalue weighted by Gasteiger charge is 2.63. The van der Waals surface area contributed by atoms with Crippen LogP contribution in [0.1, 0.15) is 86.0 Å². The average Bonchev–Trinajstić information content (AvgIpc) is 3.08. The number of fused-ring (bicyclic) bond motifs is 5. The fraction of sp³-hybridized carbons (Fsp3) is 0.893. The van der Waals surface area contributed by atoms with Crippen LogP contribution in [0.15, 0.2) is 11.6 Å². The predicted molar refractivity (Wildman–Crippen MR) is 131 cm³/mol. The zero-order valence-corrected chi connectivity index (χ0v) is 21.7. The number of aliphatic hydroxyl groups is 1. The molecule has 4 fully saturated rings. The van der Waals surface area contributed by atoms with Gasteiger partial charge in [-0.05, 0) is 127 Å². The molecule has 0 radical (unpaired) electrons. The molecule has 0 aromatic carbocycles. The Labute approximate surface area is 196 Å². The summed E-state index contributed by atoms with van der Waals surface area (Å²) in [6, 6.07) is 0.857. The van der Waals surface area contributed by atoms with Gasteiger partial charge in [-0.25, -0.2) is 0 Å². The topological polar surface area (TPSA) is 52.6 Å². The molecule has 4 aliphatic carbocycles. The lowest BCUT2D eigenvalue weighted by Crippen LogP contribution is -2.60. The number of amides is 1. The number of nitrogens with zero attached hydrogens (tertiary/aromatic N) is 1. The van der Waals surface area contributed by atoms with Gasteiger partial charge in [0.2, 0.25) is 5.91 Å². The third-order valence-corrected chi connectivity index (χ3v) is 11.2. The third-order valence-electron chi connectivity index (χ3n) is 11.2. The van der Waals surface area contributed by atoms with Gasteiger partial charge in [-0.1, -0.05) is 19.9 Å². The Bertz CT molecular complexity index is 748. The van der Waals surface area contributed by atoms with Gasteiger partial charge in [0.1, 0.15) is 0 Å². The minimum absolute atomic E-state index is 0.0928. The highest BCUT2D eigenvalue weighted by molar-refractivity contribution is 5.92. The van der Waals surface area contributed by atoms with Crippen molar-refractivity contribution in [3.05, 3.63) is 11.6 Å². The van der Waals surface area contributed by atoms with E-state index in [2.05, 4.69) is 45.1 Å². The van der Waals surface area contributed by atoms with Crippen LogP contribution in [0.3, 0.4) is 0 Å². The summed E-state index contributed by atoms with van der Waals surface area (Å²) in [5.41, 5.74) is 1.29. The molecule has 0 unspecified atom stereocenters. The quantitative estimate of drug-likeness (QED) is 0.599. The van der Waals surface area contributed by atoms with Gasteiger partial charge in [0.25, 0.3) is 0 Å². The van der Waals surface area contributed by atoms with Crippen LogP contribution in [-0.2, 0) is 4.79 Å². The van der Waals surface area contributed by atoms with Crippen LogP contribution in [0.2, 0.25) is 0 Å². The molecule has 32 heavy (non-hydrogen) atoms. The summed E-state index contributed by atoms with van der Waals surface area (Å²) in [4.78, 5) is 14.8. The Kier molecular flexibility index (Phi) is 6.62. The Morgan fingerprint density at radius 2 is 1.84 bits per heavy atom. The summed E-state index contributed by atoms with van der Waals surface area (Å²) in [6.45, 7) is 11.2. The van der Waals surface area contributed by atoms with Crippen molar-refractivity contribution < 1.29 is 9.90 Å². The minimum Gasteiger partial charge on any atom is -0.393 e. The second kappa shape index (κ2) is 8.73. The molecule has 1 amide bonds. The van der Waals surface area contributed by atoms with Gasteiger partial charge < -0.3 is 15.3 Å². The number of allylic oxidation sites excluding steroid dienone is 1. The lowest BCUT2D eigenvalue weighted by Gasteiger charge is -2.63. The summed E-state index contributed by atoms with van der Waals surface area (Å²) in [5, 5.41) is 15.0. The van der Waals surface area contributed by atoms with Gasteiger partial charge in [-0.2, -0.15) is 0 Å². The maximum absolute atomic E-state index is 12.4. The molecule has 4 rings (SSSR count). The van der Waals surface area contributed by atoms with E-state index in [0.717, 1.165) is 37.2 Å². The molecule has 0 aliphatic heterocycles. The van der Waals surface area contributed by atoms with Crippen LogP contribution in [0, 0.1) is 40.4 Å². The lowest BCUT2D eigenvalue weighted by atomic mass is 9.43. The first-order valence-corrected chi connectivity index (χ1v) is 13.3. The molecule has 0 aromatic rings. The highest BCUT2D eigenvalue weighted by atomic mass is 16.3. The van der Waals surface area contributed by atoms with E-state index in [9.17, 15) is 9.90 Å². The van der Waals surface area contributed by atoms with E-state index < -0.39 is 0 Å². The number of carbonyl (C=O) groups excluding carboxylic acids is 1. The van der Waals surface area contributed by atoms with Crippen LogP contribution in [0.4, 0.5) is 0 Å². The Hall–Kier alpha value is -0.870. The Morgan fingerprint density at radius 1 is 1.12 bits per heavy atom. The number of carbonyl (C=O) groups is 1. The first kappa shape index (κ1) is 24.3. The van der Waals surface area contributed by atoms with Gasteiger partial charge in [0, 0.05) is 17.7 Å². The Morgan fingerprint density at radius 3 is 2.50 bits per heavy atom. The molecular formula is C28H48N2O2. The molecule has 4 heteroatoms. The van der Waals surface area contributed by atoms with Crippen molar-refractivity contribution in [3.63, 3.8) is 0 Å². The summed E-state index contributed by atoms with van der Waals surface area (Å²) < 4.78 is 0. The largest absolute Gasteiger partial charge is 0.393 e. The summed E-state index contributed by atoms with van der Waals surface area (Å²) >= 11 is 0. The lowest BCUT2D eigenvalue weighted by molar-refractivity contribution is -0.174. The van der Waals surface area contributed by atoms with Crippen LogP contribution >= 0.6 is 0 Å². The van der Waals surface area contributed by atoms with E-state index >= 15 is 0 Å². The second-order valence-corrected chi connectivity index (χ2v) is 12.7. The minimum atomic E-state index is -0.180. The molecule has 0 bridgehead atoms. The van der Waals surface area contributed by atoms with Crippen molar-refractivity contribution in [2.75, 3.05) is 14.1 Å². The molecule has 4 saturated carbocycles. The van der Waals surface area contributed by atoms with E-state index in [1.807, 2.05) is 19.9 Å². The van der Waals surface area contributed by atoms with Crippen LogP contribution in [-0.4, -0.2) is 48.2 Å². The number of hydrogen-bond acceptors (Lipinski definition) is 3. The SMILES string of the molecule is CC=C(C)C(=O)N[C@H]1CC[C@@]2(C)[C@@H](CC[C@@H]3[C@@H]2[C@@H](O)C[C@]2(C)[C@@H]([C@H](C)N(C)C)CC[C@@H]32)C1. The molecule has 0 spiro atoms. The highest BCUT2D eigenvalue weighted by Crippen LogP contribution is 2.67. The summed E-state index contributed by atoms with van der Waals surface area (Å²) in [6.07, 6.45) is 11.1. The second-order valence-electron chi connectivity index (χ2n) is 12.7. The van der Waals surface area contributed by atoms with Crippen molar-refractivity contribution in [1.82, 2.24) is 10.2 Å². The standard InChI is InChI=1S/C28H48N2O2/c1-8-17(2)26(32)29-20-13-14-27(4)19(15-20)9-10-21-23-12-11-22(18(3)30(6)7)28(23,5)16-24(31)25(21)27/h8,18-25,31H,9-16H2,1-7H3,(H,29,32)/t18-,19-,20-,21-,22+,23-,24-,25+,27-,28+/m0/s1. The fourth-order valence-corrected chi connectivity index (χ4v) is 9.14. The van der Waals surface area contributed by atoms with Crippen LogP contribution in [0.5, 0.6) is 0 Å². The van der Waals surface area contributed by atoms with Gasteiger partial charge in [0.05, 0.1) is 6.10 Å². The smallest absolute Gasteiger partial charge is 0.246 e. The summed E-state index contributed by atoms with van der Waals surface area (Å²) in [7, 11) is 4.43. The van der Waals surface area contributed by atoms with E-state index in [1.54, 1.807) is 0 Å². The van der Waals surface area contributed by atoms with Gasteiger partial charge in [-0.3, -0.25) is 4.79 Å². The molecule has 182 valence electrons. The first-order chi connectivity index (χ1) is 15.0. The van der Waals surface area contributed by atoms with E-state index in [4.69, 9.17) is 0 Å². The van der Waals surface area contributed by atoms with Gasteiger partial charge in [-0.15, -0.1) is 0 Å². The average molecular weight is 445 g/mol. The zero-order valence-electron chi connectivity index (χ0n) is 21.7. The van der Waals surface area contributed by atoms with Crippen molar-refractivity contribution in [2.24, 2.45) is 40.4 Å². The van der Waals surface area contributed by atoms with E-state index in [0.29, 0.717) is 29.7 Å². The molecule has 0 saturated heterocycles. The van der Waals surface area contributed by atoms with Crippen molar-refractivity contribution in [2.45, 2.75) is 104 Å². The molecule has 0 heterocycles. The molecule has 4 nitrogen and oxygen atoms in total. The zero-order chi connectivity index (χ0) is 23.4. The maximum Gasteiger partial charge on any atom is 0.246 e. The number of aliphatic hydroxyl groups excluding tert-OH is 1. The summed E-state index contributed by atoms with van der Waals surface area (Å²) in [5.74, 6) is 3.25. The number of hydrogen-bond donors (Lipinski definition) is 2. The molecule has 4 aliphatic rings. The number of nitrogens with one attached hydrogen (secondary N) is 1. The van der Waals surface area contributed by atoms with E-state index in [1.165, 1.54) is 25.7 Å². The van der Waals surface area contributed by atoms with Crippen molar-refractivity contribution in [1.29, 1.82) is 0 Å². The predicted octanol–water partition coefficient (Wildman–Crippen LogP) is 5.02. The van der Waals surface area contributed by atoms with Gasteiger partial charge in [0.15, 0.2) is 0 Å². The third kappa shape index (κ3) is 3.78. The van der Waals surface area contributed by atoms with E-state index in [-0.39, 0.29) is 28.9 Å². The fourth-order valence-electron chi connectivity index (χ4n) is 9.14. The molecule has 10 atom stereocenters. The number of rotatable bonds is 4. The maximum atomic E-state index is 12.4. The normalized spacial score (nSPS) is 47.4. The van der Waals surface area contributed by atoms with Gasteiger partial charge >= 0.3 is 0 Å². The first-order valence-electron chi connectivity index (χ1n) is 13.3. The molecule has 2 N–H and O–H groups in total. The van der Waals surface area contributed by atoms with Crippen LogP contribution < -0.4 is 5.32 Å². The van der Waals surface area contributed by atoms with Crippen molar-refractivity contribution >= 4 is 5.91 Å². The monoisotopic (exact) mass is 444 g/mol.